The second kappa shape index (κ2) is 7.86. The maximum absolute atomic E-state index is 10.8. The molecule has 0 unspecified atom stereocenters. The molecule has 0 aromatic heterocycles. The zero-order valence-electron chi connectivity index (χ0n) is 11.8. The number of carbonyl (C=O) groups is 1. The zero-order valence-corrected chi connectivity index (χ0v) is 11.8. The molecule has 0 aliphatic carbocycles. The molecule has 0 aliphatic heterocycles. The Balaban J connectivity index is 2.29. The molecule has 0 saturated carbocycles. The molecule has 0 N–H and O–H groups in total. The minimum absolute atomic E-state index is 0.294. The molecule has 0 aliphatic rings. The van der Waals surface area contributed by atoms with Gasteiger partial charge in [-0.2, -0.15) is 0 Å². The van der Waals surface area contributed by atoms with Gasteiger partial charge in [0.2, 0.25) is 0 Å². The van der Waals surface area contributed by atoms with Crippen molar-refractivity contribution < 1.29 is 4.79 Å². The second-order valence-electron chi connectivity index (χ2n) is 5.13. The minimum atomic E-state index is 0.294. The molecule has 0 saturated heterocycles. The molecule has 1 heteroatoms. The third kappa shape index (κ3) is 6.39. The van der Waals surface area contributed by atoms with Crippen LogP contribution in [-0.2, 0) is 11.2 Å². The second-order valence-corrected chi connectivity index (χ2v) is 5.13. The predicted octanol–water partition coefficient (Wildman–Crippen LogP) is 4.63. The number of ketones is 1. The Morgan fingerprint density at radius 1 is 1.22 bits per heavy atom. The predicted molar refractivity (Wildman–Crippen MR) is 77.8 cm³/mol. The van der Waals surface area contributed by atoms with Gasteiger partial charge in [-0.1, -0.05) is 41.5 Å². The fourth-order valence-electron chi connectivity index (χ4n) is 2.07. The Labute approximate surface area is 111 Å². The van der Waals surface area contributed by atoms with E-state index in [0.29, 0.717) is 12.2 Å². The van der Waals surface area contributed by atoms with Gasteiger partial charge in [-0.3, -0.25) is 0 Å². The molecule has 1 aromatic carbocycles. The first-order chi connectivity index (χ1) is 8.58. The lowest BCUT2D eigenvalue weighted by Gasteiger charge is -2.02. The summed E-state index contributed by atoms with van der Waals surface area (Å²) in [4.78, 5) is 10.8. The van der Waals surface area contributed by atoms with E-state index in [0.717, 1.165) is 25.7 Å². The molecule has 0 atom stereocenters. The molecular formula is C17H24O. The lowest BCUT2D eigenvalue weighted by molar-refractivity contribution is -0.117. The Morgan fingerprint density at radius 2 is 2.00 bits per heavy atom. The maximum atomic E-state index is 10.8. The van der Waals surface area contributed by atoms with Gasteiger partial charge in [0.05, 0.1) is 0 Å². The lowest BCUT2D eigenvalue weighted by atomic mass is 10.0. The van der Waals surface area contributed by atoms with Crippen molar-refractivity contribution in [2.45, 2.75) is 52.9 Å². The van der Waals surface area contributed by atoms with Gasteiger partial charge >= 0.3 is 0 Å². The monoisotopic (exact) mass is 244 g/mol. The van der Waals surface area contributed by atoms with Crippen molar-refractivity contribution >= 4 is 5.78 Å². The van der Waals surface area contributed by atoms with Gasteiger partial charge in [-0.25, -0.2) is 0 Å². The van der Waals surface area contributed by atoms with Crippen LogP contribution in [0.5, 0.6) is 0 Å². The van der Waals surface area contributed by atoms with Crippen molar-refractivity contribution in [2.24, 2.45) is 0 Å². The quantitative estimate of drug-likeness (QED) is 0.639. The standard InChI is InChI=1S/C17H24O/c1-14(7-4-10-16(3)18)8-5-11-17-12-6-9-15(2)13-17/h6,8-9,12-13H,4-5,7,10-11H2,1-3H3. The molecule has 0 heterocycles. The number of Topliss-reactive ketones (excluding diaryl/α,β-unsaturated/α-hetero) is 1. The van der Waals surface area contributed by atoms with Crippen LogP contribution in [0.2, 0.25) is 0 Å². The van der Waals surface area contributed by atoms with E-state index in [1.54, 1.807) is 6.92 Å². The normalized spacial score (nSPS) is 11.6. The van der Waals surface area contributed by atoms with Crippen LogP contribution < -0.4 is 0 Å². The Kier molecular flexibility index (Phi) is 6.42. The molecule has 98 valence electrons. The first-order valence-electron chi connectivity index (χ1n) is 6.78. The summed E-state index contributed by atoms with van der Waals surface area (Å²) in [6.07, 6.45) is 7.25. The summed E-state index contributed by atoms with van der Waals surface area (Å²) in [6, 6.07) is 8.69. The number of benzene rings is 1. The summed E-state index contributed by atoms with van der Waals surface area (Å²) in [5.74, 6) is 0.294. The van der Waals surface area contributed by atoms with Crippen LogP contribution in [0.25, 0.3) is 0 Å². The Morgan fingerprint density at radius 3 is 2.67 bits per heavy atom. The molecule has 1 nitrogen and oxygen atoms in total. The van der Waals surface area contributed by atoms with Crippen molar-refractivity contribution in [1.82, 2.24) is 0 Å². The largest absolute Gasteiger partial charge is 0.300 e. The van der Waals surface area contributed by atoms with Crippen molar-refractivity contribution in [3.8, 4) is 0 Å². The highest BCUT2D eigenvalue weighted by atomic mass is 16.1. The van der Waals surface area contributed by atoms with Crippen LogP contribution in [0, 0.1) is 6.92 Å². The van der Waals surface area contributed by atoms with E-state index in [9.17, 15) is 4.79 Å². The summed E-state index contributed by atoms with van der Waals surface area (Å²) in [5.41, 5.74) is 4.14. The SMILES string of the molecule is CC(=O)CCCC(C)=CCCc1cccc(C)c1. The number of carbonyl (C=O) groups excluding carboxylic acids is 1. The first-order valence-corrected chi connectivity index (χ1v) is 6.78. The fourth-order valence-corrected chi connectivity index (χ4v) is 2.07. The van der Waals surface area contributed by atoms with E-state index >= 15 is 0 Å². The minimum Gasteiger partial charge on any atom is -0.300 e. The zero-order chi connectivity index (χ0) is 13.4. The van der Waals surface area contributed by atoms with E-state index in [2.05, 4.69) is 44.2 Å². The average Bonchev–Trinajstić information content (AvgIpc) is 2.28. The third-order valence-electron chi connectivity index (χ3n) is 3.11. The highest BCUT2D eigenvalue weighted by Gasteiger charge is 1.96. The molecule has 0 radical (unpaired) electrons. The number of aryl methyl sites for hydroxylation is 2. The Hall–Kier alpha value is -1.37. The average molecular weight is 244 g/mol. The fraction of sp³-hybridized carbons (Fsp3) is 0.471. The molecule has 18 heavy (non-hydrogen) atoms. The third-order valence-corrected chi connectivity index (χ3v) is 3.11. The van der Waals surface area contributed by atoms with Crippen LogP contribution in [0.1, 0.15) is 50.7 Å². The Bertz CT molecular complexity index is 415. The van der Waals surface area contributed by atoms with Crippen LogP contribution in [-0.4, -0.2) is 5.78 Å². The highest BCUT2D eigenvalue weighted by molar-refractivity contribution is 5.75. The van der Waals surface area contributed by atoms with E-state index in [4.69, 9.17) is 0 Å². The summed E-state index contributed by atoms with van der Waals surface area (Å²) in [6.45, 7) is 5.96. The number of allylic oxidation sites excluding steroid dienone is 2. The maximum Gasteiger partial charge on any atom is 0.129 e. The van der Waals surface area contributed by atoms with Crippen molar-refractivity contribution in [3.63, 3.8) is 0 Å². The van der Waals surface area contributed by atoms with E-state index in [1.165, 1.54) is 16.7 Å². The molecule has 0 bridgehead atoms. The topological polar surface area (TPSA) is 17.1 Å². The number of hydrogen-bond acceptors (Lipinski definition) is 1. The van der Waals surface area contributed by atoms with Gasteiger partial charge in [-0.15, -0.1) is 0 Å². The summed E-state index contributed by atoms with van der Waals surface area (Å²) >= 11 is 0. The van der Waals surface area contributed by atoms with Gasteiger partial charge in [0.15, 0.2) is 0 Å². The van der Waals surface area contributed by atoms with Gasteiger partial charge < -0.3 is 4.79 Å². The van der Waals surface area contributed by atoms with Gasteiger partial charge in [0.25, 0.3) is 0 Å². The van der Waals surface area contributed by atoms with E-state index < -0.39 is 0 Å². The molecule has 1 rings (SSSR count). The van der Waals surface area contributed by atoms with Crippen molar-refractivity contribution in [2.75, 3.05) is 0 Å². The lowest BCUT2D eigenvalue weighted by Crippen LogP contribution is -1.90. The van der Waals surface area contributed by atoms with Crippen molar-refractivity contribution in [1.29, 1.82) is 0 Å². The summed E-state index contributed by atoms with van der Waals surface area (Å²) < 4.78 is 0. The molecule has 1 aromatic rings. The summed E-state index contributed by atoms with van der Waals surface area (Å²) in [5, 5.41) is 0. The van der Waals surface area contributed by atoms with Gasteiger partial charge in [0, 0.05) is 6.42 Å². The smallest absolute Gasteiger partial charge is 0.129 e. The van der Waals surface area contributed by atoms with Gasteiger partial charge in [0.1, 0.15) is 5.78 Å². The van der Waals surface area contributed by atoms with Gasteiger partial charge in [-0.05, 0) is 52.0 Å². The number of rotatable bonds is 7. The number of hydrogen-bond donors (Lipinski definition) is 0. The van der Waals surface area contributed by atoms with Crippen LogP contribution >= 0.6 is 0 Å². The van der Waals surface area contributed by atoms with E-state index in [-0.39, 0.29) is 0 Å². The van der Waals surface area contributed by atoms with Crippen molar-refractivity contribution in [3.05, 3.63) is 47.0 Å². The highest BCUT2D eigenvalue weighted by Crippen LogP contribution is 2.11. The van der Waals surface area contributed by atoms with Crippen LogP contribution in [0.15, 0.2) is 35.9 Å². The molecular weight excluding hydrogens is 220 g/mol. The molecule has 0 amide bonds. The summed E-state index contributed by atoms with van der Waals surface area (Å²) in [7, 11) is 0. The molecule has 0 fully saturated rings. The molecule has 0 spiro atoms. The van der Waals surface area contributed by atoms with E-state index in [1.807, 2.05) is 0 Å². The first kappa shape index (κ1) is 14.7. The van der Waals surface area contributed by atoms with Crippen LogP contribution in [0.4, 0.5) is 0 Å². The van der Waals surface area contributed by atoms with Crippen LogP contribution in [0.3, 0.4) is 0 Å².